The van der Waals surface area contributed by atoms with Gasteiger partial charge in [-0.05, 0) is 29.7 Å². The van der Waals surface area contributed by atoms with Gasteiger partial charge in [-0.3, -0.25) is 4.79 Å². The number of ether oxygens (including phenoxy) is 1. The average molecular weight is 209 g/mol. The molecule has 0 aliphatic rings. The largest absolute Gasteiger partial charge is 0.497 e. The van der Waals surface area contributed by atoms with E-state index in [4.69, 9.17) is 15.6 Å². The summed E-state index contributed by atoms with van der Waals surface area (Å²) in [6, 6.07) is 4.28. The standard InChI is InChI=1S/C11H15NO3/c1-3-7-6-8(15-2)4-5-9(7)10(12)11(13)14/h4-6,10H,3,12H2,1-2H3,(H,13,14)/t10-/m1/s1. The van der Waals surface area contributed by atoms with Gasteiger partial charge in [-0.2, -0.15) is 0 Å². The zero-order valence-corrected chi connectivity index (χ0v) is 8.86. The second-order valence-electron chi connectivity index (χ2n) is 3.23. The van der Waals surface area contributed by atoms with Gasteiger partial charge in [0.1, 0.15) is 11.8 Å². The lowest BCUT2D eigenvalue weighted by molar-refractivity contribution is -0.138. The van der Waals surface area contributed by atoms with E-state index in [2.05, 4.69) is 0 Å². The molecule has 1 rings (SSSR count). The molecule has 1 atom stereocenters. The van der Waals surface area contributed by atoms with E-state index in [0.717, 1.165) is 12.0 Å². The number of aliphatic carboxylic acids is 1. The first-order valence-electron chi connectivity index (χ1n) is 4.75. The summed E-state index contributed by atoms with van der Waals surface area (Å²) in [4.78, 5) is 10.8. The molecule has 0 radical (unpaired) electrons. The van der Waals surface area contributed by atoms with Crippen molar-refractivity contribution in [2.24, 2.45) is 5.73 Å². The molecule has 0 bridgehead atoms. The number of aryl methyl sites for hydroxylation is 1. The Kier molecular flexibility index (Phi) is 3.68. The van der Waals surface area contributed by atoms with E-state index in [1.54, 1.807) is 19.2 Å². The maximum absolute atomic E-state index is 10.8. The number of benzene rings is 1. The highest BCUT2D eigenvalue weighted by Crippen LogP contribution is 2.22. The molecule has 0 heterocycles. The maximum Gasteiger partial charge on any atom is 0.325 e. The van der Waals surface area contributed by atoms with Crippen molar-refractivity contribution in [2.45, 2.75) is 19.4 Å². The van der Waals surface area contributed by atoms with Gasteiger partial charge in [0.2, 0.25) is 0 Å². The van der Waals surface area contributed by atoms with Crippen LogP contribution in [0.3, 0.4) is 0 Å². The zero-order chi connectivity index (χ0) is 11.4. The first-order chi connectivity index (χ1) is 7.10. The predicted molar refractivity (Wildman–Crippen MR) is 56.9 cm³/mol. The summed E-state index contributed by atoms with van der Waals surface area (Å²) < 4.78 is 5.06. The third-order valence-electron chi connectivity index (χ3n) is 2.33. The number of nitrogens with two attached hydrogens (primary N) is 1. The lowest BCUT2D eigenvalue weighted by Gasteiger charge is -2.13. The normalized spacial score (nSPS) is 12.2. The monoisotopic (exact) mass is 209 g/mol. The van der Waals surface area contributed by atoms with Crippen LogP contribution in [0.25, 0.3) is 0 Å². The van der Waals surface area contributed by atoms with Crippen LogP contribution < -0.4 is 10.5 Å². The third-order valence-corrected chi connectivity index (χ3v) is 2.33. The minimum atomic E-state index is -1.02. The van der Waals surface area contributed by atoms with Gasteiger partial charge in [0, 0.05) is 0 Å². The van der Waals surface area contributed by atoms with Crippen molar-refractivity contribution in [3.63, 3.8) is 0 Å². The Balaban J connectivity index is 3.12. The van der Waals surface area contributed by atoms with Crippen LogP contribution in [0.1, 0.15) is 24.1 Å². The molecule has 0 aliphatic carbocycles. The molecule has 0 saturated carbocycles. The molecule has 4 nitrogen and oxygen atoms in total. The van der Waals surface area contributed by atoms with Crippen molar-refractivity contribution in [2.75, 3.05) is 7.11 Å². The average Bonchev–Trinajstić information content (AvgIpc) is 2.27. The van der Waals surface area contributed by atoms with Gasteiger partial charge in [-0.15, -0.1) is 0 Å². The van der Waals surface area contributed by atoms with Gasteiger partial charge < -0.3 is 15.6 Å². The van der Waals surface area contributed by atoms with Gasteiger partial charge >= 0.3 is 5.97 Å². The van der Waals surface area contributed by atoms with Gasteiger partial charge in [0.25, 0.3) is 0 Å². The van der Waals surface area contributed by atoms with Crippen molar-refractivity contribution in [1.82, 2.24) is 0 Å². The minimum Gasteiger partial charge on any atom is -0.497 e. The first-order valence-corrected chi connectivity index (χ1v) is 4.75. The number of hydrogen-bond donors (Lipinski definition) is 2. The number of carboxylic acid groups (broad SMARTS) is 1. The molecule has 15 heavy (non-hydrogen) atoms. The van der Waals surface area contributed by atoms with Crippen LogP contribution in [0.4, 0.5) is 0 Å². The van der Waals surface area contributed by atoms with Crippen LogP contribution in [0, 0.1) is 0 Å². The predicted octanol–water partition coefficient (Wildman–Crippen LogP) is 1.34. The molecule has 0 aromatic heterocycles. The number of carbonyl (C=O) groups is 1. The number of hydrogen-bond acceptors (Lipinski definition) is 3. The quantitative estimate of drug-likeness (QED) is 0.784. The van der Waals surface area contributed by atoms with Crippen LogP contribution in [0.15, 0.2) is 18.2 Å². The first kappa shape index (κ1) is 11.5. The minimum absolute atomic E-state index is 0.644. The maximum atomic E-state index is 10.8. The van der Waals surface area contributed by atoms with Crippen molar-refractivity contribution in [3.8, 4) is 5.75 Å². The van der Waals surface area contributed by atoms with E-state index in [0.29, 0.717) is 11.3 Å². The van der Waals surface area contributed by atoms with Crippen LogP contribution in [0.5, 0.6) is 5.75 Å². The van der Waals surface area contributed by atoms with E-state index in [-0.39, 0.29) is 0 Å². The van der Waals surface area contributed by atoms with Crippen molar-refractivity contribution in [1.29, 1.82) is 0 Å². The Morgan fingerprint density at radius 1 is 1.60 bits per heavy atom. The summed E-state index contributed by atoms with van der Waals surface area (Å²) in [6.07, 6.45) is 0.730. The fraction of sp³-hybridized carbons (Fsp3) is 0.364. The van der Waals surface area contributed by atoms with E-state index >= 15 is 0 Å². The van der Waals surface area contributed by atoms with E-state index in [9.17, 15) is 4.79 Å². The molecule has 4 heteroatoms. The number of rotatable bonds is 4. The van der Waals surface area contributed by atoms with E-state index < -0.39 is 12.0 Å². The molecular weight excluding hydrogens is 194 g/mol. The number of methoxy groups -OCH3 is 1. The Hall–Kier alpha value is -1.55. The van der Waals surface area contributed by atoms with Gasteiger partial charge in [0.05, 0.1) is 7.11 Å². The Bertz CT molecular complexity index is 363. The lowest BCUT2D eigenvalue weighted by Crippen LogP contribution is -2.22. The SMILES string of the molecule is CCc1cc(OC)ccc1[C@@H](N)C(=O)O. The lowest BCUT2D eigenvalue weighted by atomic mass is 9.99. The summed E-state index contributed by atoms with van der Waals surface area (Å²) in [6.45, 7) is 1.95. The highest BCUT2D eigenvalue weighted by molar-refractivity contribution is 5.75. The van der Waals surface area contributed by atoms with E-state index in [1.165, 1.54) is 0 Å². The summed E-state index contributed by atoms with van der Waals surface area (Å²) in [7, 11) is 1.57. The van der Waals surface area contributed by atoms with E-state index in [1.807, 2.05) is 13.0 Å². The molecular formula is C11H15NO3. The Labute approximate surface area is 88.7 Å². The fourth-order valence-corrected chi connectivity index (χ4v) is 1.45. The molecule has 0 fully saturated rings. The van der Waals surface area contributed by atoms with Crippen molar-refractivity contribution < 1.29 is 14.6 Å². The van der Waals surface area contributed by atoms with Gasteiger partial charge in [-0.1, -0.05) is 13.0 Å². The molecule has 1 aromatic carbocycles. The fourth-order valence-electron chi connectivity index (χ4n) is 1.45. The molecule has 0 amide bonds. The molecule has 1 aromatic rings. The topological polar surface area (TPSA) is 72.5 Å². The molecule has 82 valence electrons. The Morgan fingerprint density at radius 2 is 2.27 bits per heavy atom. The van der Waals surface area contributed by atoms with Crippen LogP contribution in [-0.2, 0) is 11.2 Å². The van der Waals surface area contributed by atoms with Gasteiger partial charge in [0.15, 0.2) is 0 Å². The smallest absolute Gasteiger partial charge is 0.325 e. The summed E-state index contributed by atoms with van der Waals surface area (Å²) in [5.41, 5.74) is 7.12. The van der Waals surface area contributed by atoms with Crippen molar-refractivity contribution >= 4 is 5.97 Å². The van der Waals surface area contributed by atoms with Gasteiger partial charge in [-0.25, -0.2) is 0 Å². The van der Waals surface area contributed by atoms with Crippen molar-refractivity contribution in [3.05, 3.63) is 29.3 Å². The van der Waals surface area contributed by atoms with Crippen LogP contribution >= 0.6 is 0 Å². The molecule has 0 spiro atoms. The summed E-state index contributed by atoms with van der Waals surface area (Å²) in [5.74, 6) is -0.303. The highest BCUT2D eigenvalue weighted by Gasteiger charge is 2.17. The summed E-state index contributed by atoms with van der Waals surface area (Å²) in [5, 5.41) is 8.83. The second kappa shape index (κ2) is 4.79. The van der Waals surface area contributed by atoms with Crippen LogP contribution in [-0.4, -0.2) is 18.2 Å². The summed E-state index contributed by atoms with van der Waals surface area (Å²) >= 11 is 0. The van der Waals surface area contributed by atoms with Crippen LogP contribution in [0.2, 0.25) is 0 Å². The number of carboxylic acids is 1. The third kappa shape index (κ3) is 2.47. The molecule has 3 N–H and O–H groups in total. The highest BCUT2D eigenvalue weighted by atomic mass is 16.5. The molecule has 0 unspecified atom stereocenters. The zero-order valence-electron chi connectivity index (χ0n) is 8.86. The molecule has 0 saturated heterocycles. The Morgan fingerprint density at radius 3 is 2.73 bits per heavy atom. The second-order valence-corrected chi connectivity index (χ2v) is 3.23. The molecule has 0 aliphatic heterocycles.